The molecule has 0 bridgehead atoms. The average Bonchev–Trinajstić information content (AvgIpc) is 2.35. The van der Waals surface area contributed by atoms with Gasteiger partial charge >= 0.3 is 0 Å². The van der Waals surface area contributed by atoms with E-state index in [2.05, 4.69) is 23.7 Å². The third-order valence-electron chi connectivity index (χ3n) is 2.64. The van der Waals surface area contributed by atoms with Gasteiger partial charge in [-0.25, -0.2) is 0 Å². The lowest BCUT2D eigenvalue weighted by atomic mass is 10.2. The largest absolute Gasteiger partial charge is 0.508 e. The first-order valence-corrected chi connectivity index (χ1v) is 7.27. The molecule has 1 heterocycles. The molecule has 0 atom stereocenters. The van der Waals surface area contributed by atoms with Crippen LogP contribution in [0, 0.1) is 0 Å². The van der Waals surface area contributed by atoms with Crippen LogP contribution in [-0.4, -0.2) is 11.4 Å². The van der Waals surface area contributed by atoms with Crippen molar-refractivity contribution in [1.29, 1.82) is 0 Å². The Morgan fingerprint density at radius 2 is 2.06 bits per heavy atom. The Kier molecular flexibility index (Phi) is 2.68. The third-order valence-corrected chi connectivity index (χ3v) is 4.77. The van der Waals surface area contributed by atoms with Crippen LogP contribution in [0.2, 0.25) is 0 Å². The second kappa shape index (κ2) is 4.20. The SMILES string of the molecule is CSc1cccc2c1Sc1ccc(O)cc1N2. The summed E-state index contributed by atoms with van der Waals surface area (Å²) in [6.07, 6.45) is 2.09. The molecule has 1 aliphatic rings. The highest BCUT2D eigenvalue weighted by atomic mass is 32.2. The third kappa shape index (κ3) is 1.87. The van der Waals surface area contributed by atoms with Crippen LogP contribution < -0.4 is 5.32 Å². The topological polar surface area (TPSA) is 32.3 Å². The van der Waals surface area contributed by atoms with E-state index < -0.39 is 0 Å². The van der Waals surface area contributed by atoms with E-state index in [0.717, 1.165) is 16.3 Å². The number of nitrogens with one attached hydrogen (secondary N) is 1. The van der Waals surface area contributed by atoms with Gasteiger partial charge in [0.05, 0.1) is 11.4 Å². The second-order valence-electron chi connectivity index (χ2n) is 3.74. The second-order valence-corrected chi connectivity index (χ2v) is 5.64. The number of phenols is 1. The first-order valence-electron chi connectivity index (χ1n) is 5.23. The molecule has 2 aromatic rings. The lowest BCUT2D eigenvalue weighted by Gasteiger charge is -2.22. The molecule has 0 radical (unpaired) electrons. The monoisotopic (exact) mass is 261 g/mol. The minimum Gasteiger partial charge on any atom is -0.508 e. The van der Waals surface area contributed by atoms with Gasteiger partial charge in [-0.1, -0.05) is 17.8 Å². The minimum atomic E-state index is 0.293. The number of thioether (sulfide) groups is 1. The summed E-state index contributed by atoms with van der Waals surface area (Å²) >= 11 is 3.50. The smallest absolute Gasteiger partial charge is 0.117 e. The highest BCUT2D eigenvalue weighted by molar-refractivity contribution is 8.02. The fraction of sp³-hybridized carbons (Fsp3) is 0.0769. The van der Waals surface area contributed by atoms with Gasteiger partial charge in [0.15, 0.2) is 0 Å². The summed E-state index contributed by atoms with van der Waals surface area (Å²) in [5.74, 6) is 0.293. The highest BCUT2D eigenvalue weighted by Crippen LogP contribution is 2.48. The molecule has 4 heteroatoms. The van der Waals surface area contributed by atoms with Gasteiger partial charge in [0.2, 0.25) is 0 Å². The van der Waals surface area contributed by atoms with Crippen LogP contribution in [-0.2, 0) is 0 Å². The van der Waals surface area contributed by atoms with E-state index in [1.807, 2.05) is 12.1 Å². The Labute approximate surface area is 108 Å². The Morgan fingerprint density at radius 1 is 1.18 bits per heavy atom. The van der Waals surface area contributed by atoms with E-state index in [0.29, 0.717) is 5.75 Å². The Balaban J connectivity index is 2.10. The van der Waals surface area contributed by atoms with Crippen molar-refractivity contribution in [3.05, 3.63) is 36.4 Å². The predicted octanol–water partition coefficient (Wildman–Crippen LogP) is 4.32. The molecule has 0 spiro atoms. The Morgan fingerprint density at radius 3 is 2.88 bits per heavy atom. The maximum absolute atomic E-state index is 9.48. The lowest BCUT2D eigenvalue weighted by Crippen LogP contribution is -2.00. The number of anilines is 2. The molecule has 1 aliphatic heterocycles. The maximum atomic E-state index is 9.48. The highest BCUT2D eigenvalue weighted by Gasteiger charge is 2.18. The first kappa shape index (κ1) is 10.9. The van der Waals surface area contributed by atoms with E-state index in [9.17, 15) is 5.11 Å². The van der Waals surface area contributed by atoms with Crippen LogP contribution in [0.4, 0.5) is 11.4 Å². The molecule has 0 aromatic heterocycles. The number of hydrogen-bond acceptors (Lipinski definition) is 4. The summed E-state index contributed by atoms with van der Waals surface area (Å²) in [7, 11) is 0. The van der Waals surface area contributed by atoms with Crippen molar-refractivity contribution < 1.29 is 5.11 Å². The van der Waals surface area contributed by atoms with Crippen molar-refractivity contribution in [2.24, 2.45) is 0 Å². The molecule has 3 rings (SSSR count). The van der Waals surface area contributed by atoms with Crippen LogP contribution in [0.25, 0.3) is 0 Å². The molecule has 86 valence electrons. The summed E-state index contributed by atoms with van der Waals surface area (Å²) in [6, 6.07) is 11.7. The van der Waals surface area contributed by atoms with Crippen molar-refractivity contribution >= 4 is 34.9 Å². The van der Waals surface area contributed by atoms with Gasteiger partial charge in [0, 0.05) is 20.8 Å². The number of fused-ring (bicyclic) bond motifs is 2. The van der Waals surface area contributed by atoms with E-state index in [-0.39, 0.29) is 0 Å². The van der Waals surface area contributed by atoms with Crippen molar-refractivity contribution in [2.75, 3.05) is 11.6 Å². The number of hydrogen-bond donors (Lipinski definition) is 2. The minimum absolute atomic E-state index is 0.293. The lowest BCUT2D eigenvalue weighted by molar-refractivity contribution is 0.475. The summed E-state index contributed by atoms with van der Waals surface area (Å²) in [5, 5.41) is 12.8. The van der Waals surface area contributed by atoms with Crippen molar-refractivity contribution in [1.82, 2.24) is 0 Å². The average molecular weight is 261 g/mol. The molecule has 0 saturated heterocycles. The normalized spacial score (nSPS) is 12.5. The molecule has 2 nitrogen and oxygen atoms in total. The summed E-state index contributed by atoms with van der Waals surface area (Å²) < 4.78 is 0. The van der Waals surface area contributed by atoms with Crippen LogP contribution in [0.3, 0.4) is 0 Å². The molecule has 0 amide bonds. The summed E-state index contributed by atoms with van der Waals surface area (Å²) in [5.41, 5.74) is 2.08. The fourth-order valence-corrected chi connectivity index (χ4v) is 3.70. The van der Waals surface area contributed by atoms with Crippen molar-refractivity contribution in [2.45, 2.75) is 14.7 Å². The number of aromatic hydroxyl groups is 1. The molecule has 2 N–H and O–H groups in total. The van der Waals surface area contributed by atoms with Crippen molar-refractivity contribution in [3.63, 3.8) is 0 Å². The molecule has 0 fully saturated rings. The Hall–Kier alpha value is -1.26. The number of phenolic OH excluding ortho intramolecular Hbond substituents is 1. The standard InChI is InChI=1S/C13H11NOS2/c1-16-12-4-2-3-9-13(12)17-11-6-5-8(15)7-10(11)14-9/h2-7,14-15H,1H3. The molecule has 0 saturated carbocycles. The zero-order valence-corrected chi connectivity index (χ0v) is 10.9. The molecule has 0 aliphatic carbocycles. The van der Waals surface area contributed by atoms with Crippen molar-refractivity contribution in [3.8, 4) is 5.75 Å². The predicted molar refractivity (Wildman–Crippen MR) is 73.7 cm³/mol. The zero-order valence-electron chi connectivity index (χ0n) is 9.23. The van der Waals surface area contributed by atoms with Gasteiger partial charge < -0.3 is 10.4 Å². The van der Waals surface area contributed by atoms with Gasteiger partial charge in [-0.05, 0) is 30.5 Å². The first-order chi connectivity index (χ1) is 8.28. The van der Waals surface area contributed by atoms with Crippen LogP contribution in [0.15, 0.2) is 51.1 Å². The van der Waals surface area contributed by atoms with Crippen LogP contribution in [0.5, 0.6) is 5.75 Å². The zero-order chi connectivity index (χ0) is 11.8. The van der Waals surface area contributed by atoms with Crippen LogP contribution >= 0.6 is 23.5 Å². The van der Waals surface area contributed by atoms with Gasteiger partial charge in [-0.3, -0.25) is 0 Å². The number of benzene rings is 2. The van der Waals surface area contributed by atoms with Gasteiger partial charge in [-0.2, -0.15) is 0 Å². The Bertz CT molecular complexity index is 584. The fourth-order valence-electron chi connectivity index (χ4n) is 1.84. The van der Waals surface area contributed by atoms with Crippen LogP contribution in [0.1, 0.15) is 0 Å². The molecule has 0 unspecified atom stereocenters. The maximum Gasteiger partial charge on any atom is 0.117 e. The molecular formula is C13H11NOS2. The van der Waals surface area contributed by atoms with E-state index >= 15 is 0 Å². The quantitative estimate of drug-likeness (QED) is 0.639. The van der Waals surface area contributed by atoms with Gasteiger partial charge in [0.25, 0.3) is 0 Å². The molecular weight excluding hydrogens is 250 g/mol. The van der Waals surface area contributed by atoms with E-state index in [4.69, 9.17) is 0 Å². The number of rotatable bonds is 1. The molecule has 17 heavy (non-hydrogen) atoms. The van der Waals surface area contributed by atoms with E-state index in [1.165, 1.54) is 9.79 Å². The van der Waals surface area contributed by atoms with Gasteiger partial charge in [0.1, 0.15) is 5.75 Å². The summed E-state index contributed by atoms with van der Waals surface area (Å²) in [4.78, 5) is 3.69. The summed E-state index contributed by atoms with van der Waals surface area (Å²) in [6.45, 7) is 0. The van der Waals surface area contributed by atoms with E-state index in [1.54, 1.807) is 35.7 Å². The molecule has 2 aromatic carbocycles. The van der Waals surface area contributed by atoms with Gasteiger partial charge in [-0.15, -0.1) is 11.8 Å².